The zero-order valence-electron chi connectivity index (χ0n) is 80.7. The predicted octanol–water partition coefficient (Wildman–Crippen LogP) is -5.26. The summed E-state index contributed by atoms with van der Waals surface area (Å²) in [6.07, 6.45) is -39.6. The highest BCUT2D eigenvalue weighted by Gasteiger charge is 2.64. The molecule has 0 aromatic carbocycles. The molecule has 28 N–H and O–H groups in total. The molecular formula is C92H162N4O44. The molecule has 0 aromatic rings. The van der Waals surface area contributed by atoms with E-state index in [-0.39, 0.29) is 12.3 Å². The number of aliphatic hydroxyl groups excluding tert-OH is 22. The largest absolute Gasteiger partial charge is 0.477 e. The van der Waals surface area contributed by atoms with Gasteiger partial charge in [-0.25, -0.2) is 9.59 Å². The van der Waals surface area contributed by atoms with E-state index < -0.39 is 333 Å². The molecule has 0 spiro atoms. The van der Waals surface area contributed by atoms with Crippen molar-refractivity contribution in [2.75, 3.05) is 52.9 Å². The van der Waals surface area contributed by atoms with Crippen molar-refractivity contribution in [3.8, 4) is 0 Å². The fraction of sp³-hybridized carbons (Fsp3) is 0.913. The smallest absolute Gasteiger partial charge is 0.364 e. The van der Waals surface area contributed by atoms with Crippen LogP contribution in [0, 0.1) is 0 Å². The Morgan fingerprint density at radius 2 is 0.736 bits per heavy atom. The minimum Gasteiger partial charge on any atom is -0.477 e. The molecule has 7 saturated heterocycles. The van der Waals surface area contributed by atoms with Crippen LogP contribution in [0.25, 0.3) is 0 Å². The van der Waals surface area contributed by atoms with Gasteiger partial charge in [0, 0.05) is 40.0 Å². The first-order chi connectivity index (χ1) is 66.8. The van der Waals surface area contributed by atoms with Gasteiger partial charge in [0.05, 0.1) is 89.3 Å². The maximum absolute atomic E-state index is 13.6. The molecule has 48 nitrogen and oxygen atoms in total. The summed E-state index contributed by atoms with van der Waals surface area (Å²) in [5.74, 6) is -14.3. The molecule has 0 aromatic heterocycles. The van der Waals surface area contributed by atoms with Crippen LogP contribution >= 0.6 is 0 Å². The molecule has 0 saturated carbocycles. The summed E-state index contributed by atoms with van der Waals surface area (Å²) in [6.45, 7) is -1.99. The quantitative estimate of drug-likeness (QED) is 0.0200. The average Bonchev–Trinajstić information content (AvgIpc) is 0.755. The zero-order chi connectivity index (χ0) is 103. The van der Waals surface area contributed by atoms with E-state index >= 15 is 0 Å². The van der Waals surface area contributed by atoms with Gasteiger partial charge in [0.15, 0.2) is 31.5 Å². The number of hydrogen-bond acceptors (Lipinski definition) is 42. The number of hydrogen-bond donors (Lipinski definition) is 28. The van der Waals surface area contributed by atoms with Crippen molar-refractivity contribution < 1.29 is 218 Å². The molecule has 140 heavy (non-hydrogen) atoms. The molecular weight excluding hydrogens is 1860 g/mol. The van der Waals surface area contributed by atoms with Gasteiger partial charge in [-0.3, -0.25) is 19.2 Å². The zero-order valence-corrected chi connectivity index (χ0v) is 80.7. The minimum atomic E-state index is -3.40. The molecule has 7 aliphatic rings. The Morgan fingerprint density at radius 1 is 0.386 bits per heavy atom. The van der Waals surface area contributed by atoms with E-state index in [1.54, 1.807) is 6.08 Å². The number of unbranched alkanes of at least 4 members (excludes halogenated alkanes) is 27. The summed E-state index contributed by atoms with van der Waals surface area (Å²) in [4.78, 5) is 79.1. The number of aliphatic carboxylic acids is 2. The number of ether oxygens (including phenoxy) is 14. The molecule has 48 heteroatoms. The summed E-state index contributed by atoms with van der Waals surface area (Å²) < 4.78 is 83.3. The van der Waals surface area contributed by atoms with Crippen molar-refractivity contribution >= 4 is 35.6 Å². The number of carboxylic acids is 2. The number of nitrogens with one attached hydrogen (secondary N) is 4. The van der Waals surface area contributed by atoms with E-state index in [9.17, 15) is 151 Å². The van der Waals surface area contributed by atoms with E-state index in [1.807, 2.05) is 6.08 Å². The van der Waals surface area contributed by atoms with Crippen LogP contribution in [0.4, 0.5) is 0 Å². The van der Waals surface area contributed by atoms with Crippen molar-refractivity contribution in [1.82, 2.24) is 21.3 Å². The second-order valence-corrected chi connectivity index (χ2v) is 37.8. The van der Waals surface area contributed by atoms with Crippen molar-refractivity contribution in [3.05, 3.63) is 12.2 Å². The number of carboxylic acid groups (broad SMARTS) is 2. The number of rotatable bonds is 64. The SMILES string of the molecule is CCCCCCCCCCCCC/C=C/[C@@H](O)[C@H](CO[C@@H]1OC(CO)[C@@H](O[C@@H]2OC(CO)[C@H](O[C@@H]3OC(CO)[C@H](O)[C@H](O[C@@H]4OC(CO[C@]5(C(=O)O)CC(O)[C@@H](NC(C)=O)C([C@H](O)[C@H](O)CO)O5)[C@H](O)[C@H](O[C@@H]5OC(CO)[C@H](O)[C@H](O[C@]6(C(=O)O)CC(O)[C@@H](NC(C)=O)C([C@H](O)[C@H](O)CO)O6)C5O)C4NC(C)=O)C3O)[C@H](O)C2O)[C@H](O)C1O)NC(=O)CCCCCCCCCCCCCCCCCCC. The number of carbonyl (C=O) groups is 6. The predicted molar refractivity (Wildman–Crippen MR) is 482 cm³/mol. The van der Waals surface area contributed by atoms with Gasteiger partial charge in [0.25, 0.3) is 11.6 Å². The number of allylic oxidation sites excluding steroid dienone is 1. The lowest BCUT2D eigenvalue weighted by Gasteiger charge is -2.52. The molecule has 39 atom stereocenters. The number of aliphatic hydroxyl groups is 22. The molecule has 7 aliphatic heterocycles. The normalized spacial score (nSPS) is 36.3. The first-order valence-corrected chi connectivity index (χ1v) is 49.7. The summed E-state index contributed by atoms with van der Waals surface area (Å²) in [5, 5.41) is 281. The highest BCUT2D eigenvalue weighted by Crippen LogP contribution is 2.43. The Balaban J connectivity index is 1.10. The van der Waals surface area contributed by atoms with Crippen LogP contribution in [0.15, 0.2) is 12.2 Å². The van der Waals surface area contributed by atoms with Crippen LogP contribution in [0.1, 0.15) is 240 Å². The monoisotopic (exact) mass is 2030 g/mol. The molecule has 0 aliphatic carbocycles. The Kier molecular flexibility index (Phi) is 53.9. The van der Waals surface area contributed by atoms with Crippen LogP contribution in [0.2, 0.25) is 0 Å². The van der Waals surface area contributed by atoms with E-state index in [1.165, 1.54) is 109 Å². The van der Waals surface area contributed by atoms with Gasteiger partial charge in [-0.05, 0) is 19.3 Å². The van der Waals surface area contributed by atoms with E-state index in [0.29, 0.717) is 12.8 Å². The van der Waals surface area contributed by atoms with Crippen molar-refractivity contribution in [2.24, 2.45) is 0 Å². The third-order valence-corrected chi connectivity index (χ3v) is 26.7. The standard InChI is InChI=1S/C92H162N4O44/c1-6-8-10-12-14-16-18-20-21-22-23-25-27-29-31-33-35-37-62(111)96-51(52(106)36-34-32-30-28-26-24-19-17-15-13-11-9-7-2)46-127-85-73(119)71(117)77(59(44-101)131-85)134-86-74(120)72(118)78(60(45-102)132-86)135-87-75(121)82(68(114)57(42-99)129-87)137-84-65(95-50(5)105)79(70(116)61(133-84)47-128-91(89(123)124)38-53(107)63(93-48(3)103)80(138-91)66(112)55(109)40-97)136-88-76(122)83(69(115)58(43-100)130-88)140-92(90(125)126)39-54(108)64(94-49(4)104)81(139-92)67(113)56(110)41-98/h34,36,51-61,63-88,97-102,106-110,112-122H,6-33,35,37-47H2,1-5H3,(H,93,103)(H,94,104)(H,95,105)(H,96,111)(H,123,124)(H,125,126)/b36-34+/t51-,52+,53?,54?,55+,56+,57?,58?,59?,60?,61?,63+,64+,65?,66+,67+,68-,69-,70-,71+,72+,73?,74?,75?,76?,77+,78-,79+,80?,81?,82-,83-,84-,85+,86-,87-,88-,91+,92-/m0/s1. The highest BCUT2D eigenvalue weighted by molar-refractivity contribution is 5.78. The van der Waals surface area contributed by atoms with Crippen molar-refractivity contribution in [3.63, 3.8) is 0 Å². The van der Waals surface area contributed by atoms with Crippen LogP contribution in [-0.4, -0.2) is 449 Å². The molecule has 7 heterocycles. The van der Waals surface area contributed by atoms with Gasteiger partial charge in [-0.1, -0.05) is 193 Å². The van der Waals surface area contributed by atoms with Crippen molar-refractivity contribution in [1.29, 1.82) is 0 Å². The highest BCUT2D eigenvalue weighted by atomic mass is 16.8. The topological polar surface area (TPSA) is 765 Å². The van der Waals surface area contributed by atoms with Crippen LogP contribution in [-0.2, 0) is 95.1 Å². The van der Waals surface area contributed by atoms with E-state index in [0.717, 1.165) is 85.0 Å². The summed E-state index contributed by atoms with van der Waals surface area (Å²) in [7, 11) is 0. The van der Waals surface area contributed by atoms with Gasteiger partial charge in [-0.15, -0.1) is 0 Å². The van der Waals surface area contributed by atoms with Gasteiger partial charge in [-0.2, -0.15) is 0 Å². The molecule has 7 fully saturated rings. The summed E-state index contributed by atoms with van der Waals surface area (Å²) in [5.41, 5.74) is 0. The average molecular weight is 2030 g/mol. The lowest BCUT2D eigenvalue weighted by atomic mass is 9.88. The van der Waals surface area contributed by atoms with Crippen molar-refractivity contribution in [2.45, 2.75) is 478 Å². The van der Waals surface area contributed by atoms with Gasteiger partial charge in [0.2, 0.25) is 23.6 Å². The number of amides is 4. The second-order valence-electron chi connectivity index (χ2n) is 37.8. The molecule has 4 amide bonds. The Bertz CT molecular complexity index is 3580. The fourth-order valence-electron chi connectivity index (χ4n) is 18.6. The maximum Gasteiger partial charge on any atom is 0.364 e. The van der Waals surface area contributed by atoms with Gasteiger partial charge >= 0.3 is 11.9 Å². The Hall–Kier alpha value is -4.88. The van der Waals surface area contributed by atoms with Crippen LogP contribution in [0.3, 0.4) is 0 Å². The molecule has 814 valence electrons. The van der Waals surface area contributed by atoms with Gasteiger partial charge in [0.1, 0.15) is 159 Å². The molecule has 14 unspecified atom stereocenters. The van der Waals surface area contributed by atoms with Crippen LogP contribution < -0.4 is 21.3 Å². The minimum absolute atomic E-state index is 0.131. The Morgan fingerprint density at radius 3 is 1.16 bits per heavy atom. The summed E-state index contributed by atoms with van der Waals surface area (Å²) >= 11 is 0. The lowest BCUT2D eigenvalue weighted by molar-refractivity contribution is -0.394. The Labute approximate surface area is 814 Å². The molecule has 0 radical (unpaired) electrons. The fourth-order valence-corrected chi connectivity index (χ4v) is 18.6. The second kappa shape index (κ2) is 61.8. The molecule has 7 rings (SSSR count). The maximum atomic E-state index is 13.6. The van der Waals surface area contributed by atoms with E-state index in [2.05, 4.69) is 35.1 Å². The molecule has 0 bridgehead atoms. The third-order valence-electron chi connectivity index (χ3n) is 26.7. The van der Waals surface area contributed by atoms with Gasteiger partial charge < -0.3 is 210 Å². The lowest BCUT2D eigenvalue weighted by Crippen LogP contribution is -2.72. The summed E-state index contributed by atoms with van der Waals surface area (Å²) in [6, 6.07) is -6.95. The van der Waals surface area contributed by atoms with E-state index in [4.69, 9.17) is 66.3 Å². The number of carbonyl (C=O) groups excluding carboxylic acids is 4. The van der Waals surface area contributed by atoms with Crippen LogP contribution in [0.5, 0.6) is 0 Å². The first-order valence-electron chi connectivity index (χ1n) is 49.7. The first kappa shape index (κ1) is 122. The third kappa shape index (κ3) is 35.1.